The molecule has 1 amide bonds. The van der Waals surface area contributed by atoms with Crippen LogP contribution in [0.2, 0.25) is 0 Å². The van der Waals surface area contributed by atoms with Gasteiger partial charge >= 0.3 is 0 Å². The monoisotopic (exact) mass is 356 g/mol. The second-order valence-corrected chi connectivity index (χ2v) is 6.53. The van der Waals surface area contributed by atoms with Gasteiger partial charge in [0.2, 0.25) is 5.91 Å². The number of nitrogens with two attached hydrogens (primary N) is 1. The summed E-state index contributed by atoms with van der Waals surface area (Å²) >= 11 is 0. The predicted molar refractivity (Wildman–Crippen MR) is 103 cm³/mol. The summed E-state index contributed by atoms with van der Waals surface area (Å²) in [4.78, 5) is 12.5. The lowest BCUT2D eigenvalue weighted by atomic mass is 9.94. The number of amides is 1. The van der Waals surface area contributed by atoms with E-state index in [1.165, 1.54) is 0 Å². The van der Waals surface area contributed by atoms with E-state index in [1.54, 1.807) is 14.2 Å². The third-order valence-corrected chi connectivity index (χ3v) is 4.52. The van der Waals surface area contributed by atoms with Gasteiger partial charge in [-0.2, -0.15) is 0 Å². The third-order valence-electron chi connectivity index (χ3n) is 4.52. The van der Waals surface area contributed by atoms with Crippen molar-refractivity contribution < 1.29 is 14.3 Å². The van der Waals surface area contributed by atoms with E-state index in [1.807, 2.05) is 62.4 Å². The topological polar surface area (TPSA) is 73.6 Å². The van der Waals surface area contributed by atoms with Gasteiger partial charge in [-0.25, -0.2) is 0 Å². The van der Waals surface area contributed by atoms with Gasteiger partial charge < -0.3 is 20.5 Å². The lowest BCUT2D eigenvalue weighted by molar-refractivity contribution is -0.125. The summed E-state index contributed by atoms with van der Waals surface area (Å²) in [7, 11) is 3.22. The number of methoxy groups -OCH3 is 2. The molecule has 2 rings (SSSR count). The van der Waals surface area contributed by atoms with Gasteiger partial charge in [-0.1, -0.05) is 43.3 Å². The van der Waals surface area contributed by atoms with Gasteiger partial charge in [0.25, 0.3) is 0 Å². The maximum Gasteiger partial charge on any atom is 0.224 e. The standard InChI is InChI=1S/C21H28N2O3/c1-14(12-16-10-11-18(25-3)19(13-16)26-4)23-21(24)15(2)20(22)17-8-6-5-7-9-17/h5-11,13-15,20H,12,22H2,1-4H3,(H,23,24). The van der Waals surface area contributed by atoms with Crippen LogP contribution in [0.1, 0.15) is 31.0 Å². The van der Waals surface area contributed by atoms with Crippen LogP contribution in [0.15, 0.2) is 48.5 Å². The number of nitrogens with one attached hydrogen (secondary N) is 1. The zero-order valence-corrected chi connectivity index (χ0v) is 15.9. The smallest absolute Gasteiger partial charge is 0.224 e. The summed E-state index contributed by atoms with van der Waals surface area (Å²) in [5.41, 5.74) is 8.27. The molecule has 0 aliphatic carbocycles. The maximum absolute atomic E-state index is 12.5. The molecular formula is C21H28N2O3. The molecular weight excluding hydrogens is 328 g/mol. The molecule has 5 heteroatoms. The highest BCUT2D eigenvalue weighted by molar-refractivity contribution is 5.79. The fourth-order valence-electron chi connectivity index (χ4n) is 2.91. The molecule has 2 aromatic carbocycles. The fraction of sp³-hybridized carbons (Fsp3) is 0.381. The van der Waals surface area contributed by atoms with Crippen molar-refractivity contribution in [3.8, 4) is 11.5 Å². The second-order valence-electron chi connectivity index (χ2n) is 6.53. The van der Waals surface area contributed by atoms with Gasteiger partial charge in [-0.3, -0.25) is 4.79 Å². The molecule has 0 heterocycles. The van der Waals surface area contributed by atoms with Crippen molar-refractivity contribution in [3.05, 3.63) is 59.7 Å². The van der Waals surface area contributed by atoms with Crippen molar-refractivity contribution in [2.24, 2.45) is 11.7 Å². The lowest BCUT2D eigenvalue weighted by Gasteiger charge is -2.22. The highest BCUT2D eigenvalue weighted by atomic mass is 16.5. The van der Waals surface area contributed by atoms with E-state index in [0.29, 0.717) is 17.9 Å². The van der Waals surface area contributed by atoms with E-state index in [4.69, 9.17) is 15.2 Å². The Kier molecular flexibility index (Phi) is 7.04. The largest absolute Gasteiger partial charge is 0.493 e. The molecule has 3 atom stereocenters. The summed E-state index contributed by atoms with van der Waals surface area (Å²) in [6.07, 6.45) is 0.694. The molecule has 140 valence electrons. The molecule has 0 aromatic heterocycles. The van der Waals surface area contributed by atoms with Gasteiger partial charge in [0.15, 0.2) is 11.5 Å². The van der Waals surface area contributed by atoms with Crippen LogP contribution in [0.25, 0.3) is 0 Å². The molecule has 3 N–H and O–H groups in total. The molecule has 26 heavy (non-hydrogen) atoms. The van der Waals surface area contributed by atoms with Gasteiger partial charge in [0, 0.05) is 12.1 Å². The first-order chi connectivity index (χ1) is 12.5. The van der Waals surface area contributed by atoms with Gasteiger partial charge in [-0.05, 0) is 36.6 Å². The number of hydrogen-bond donors (Lipinski definition) is 2. The van der Waals surface area contributed by atoms with E-state index in [9.17, 15) is 4.79 Å². The Hall–Kier alpha value is -2.53. The first-order valence-corrected chi connectivity index (χ1v) is 8.78. The van der Waals surface area contributed by atoms with Crippen molar-refractivity contribution in [2.75, 3.05) is 14.2 Å². The van der Waals surface area contributed by atoms with Crippen LogP contribution in [0.3, 0.4) is 0 Å². The second kappa shape index (κ2) is 9.25. The van der Waals surface area contributed by atoms with E-state index in [-0.39, 0.29) is 23.9 Å². The summed E-state index contributed by atoms with van der Waals surface area (Å²) in [5, 5.41) is 3.05. The zero-order chi connectivity index (χ0) is 19.1. The number of benzene rings is 2. The summed E-state index contributed by atoms with van der Waals surface area (Å²) < 4.78 is 10.6. The molecule has 2 aromatic rings. The van der Waals surface area contributed by atoms with Crippen LogP contribution >= 0.6 is 0 Å². The molecule has 5 nitrogen and oxygen atoms in total. The normalized spacial score (nSPS) is 14.2. The molecule has 0 bridgehead atoms. The molecule has 0 aliphatic rings. The Morgan fingerprint density at radius 2 is 1.69 bits per heavy atom. The highest BCUT2D eigenvalue weighted by Crippen LogP contribution is 2.28. The average Bonchev–Trinajstić information content (AvgIpc) is 2.67. The summed E-state index contributed by atoms with van der Waals surface area (Å²) in [6.45, 7) is 3.84. The Bertz CT molecular complexity index is 718. The molecule has 0 saturated heterocycles. The van der Waals surface area contributed by atoms with Gasteiger partial charge in [-0.15, -0.1) is 0 Å². The number of ether oxygens (including phenoxy) is 2. The number of carbonyl (C=O) groups is 1. The quantitative estimate of drug-likeness (QED) is 0.762. The number of hydrogen-bond acceptors (Lipinski definition) is 4. The molecule has 0 spiro atoms. The first-order valence-electron chi connectivity index (χ1n) is 8.78. The van der Waals surface area contributed by atoms with Gasteiger partial charge in [0.05, 0.1) is 20.1 Å². The molecule has 0 fully saturated rings. The molecule has 0 saturated carbocycles. The molecule has 3 unspecified atom stereocenters. The van der Waals surface area contributed by atoms with E-state index >= 15 is 0 Å². The van der Waals surface area contributed by atoms with E-state index in [2.05, 4.69) is 5.32 Å². The zero-order valence-electron chi connectivity index (χ0n) is 15.9. The van der Waals surface area contributed by atoms with Crippen molar-refractivity contribution in [3.63, 3.8) is 0 Å². The Balaban J connectivity index is 1.96. The highest BCUT2D eigenvalue weighted by Gasteiger charge is 2.23. The number of rotatable bonds is 8. The lowest BCUT2D eigenvalue weighted by Crippen LogP contribution is -2.41. The van der Waals surface area contributed by atoms with Crippen LogP contribution in [-0.2, 0) is 11.2 Å². The average molecular weight is 356 g/mol. The predicted octanol–water partition coefficient (Wildman–Crippen LogP) is 3.09. The summed E-state index contributed by atoms with van der Waals surface area (Å²) in [5.74, 6) is 1.01. The fourth-order valence-corrected chi connectivity index (χ4v) is 2.91. The van der Waals surface area contributed by atoms with Crippen LogP contribution in [0, 0.1) is 5.92 Å². The van der Waals surface area contributed by atoms with E-state index in [0.717, 1.165) is 11.1 Å². The van der Waals surface area contributed by atoms with Crippen LogP contribution < -0.4 is 20.5 Å². The number of carbonyl (C=O) groups excluding carboxylic acids is 1. The molecule has 0 aliphatic heterocycles. The minimum absolute atomic E-state index is 0.0222. The van der Waals surface area contributed by atoms with Crippen molar-refractivity contribution in [2.45, 2.75) is 32.4 Å². The minimum atomic E-state index is -0.329. The Morgan fingerprint density at radius 3 is 2.31 bits per heavy atom. The van der Waals surface area contributed by atoms with Gasteiger partial charge in [0.1, 0.15) is 0 Å². The molecule has 0 radical (unpaired) electrons. The van der Waals surface area contributed by atoms with Crippen molar-refractivity contribution in [1.82, 2.24) is 5.32 Å². The third kappa shape index (κ3) is 4.99. The Labute approximate surface area is 155 Å². The van der Waals surface area contributed by atoms with Crippen LogP contribution in [-0.4, -0.2) is 26.2 Å². The Morgan fingerprint density at radius 1 is 1.04 bits per heavy atom. The van der Waals surface area contributed by atoms with Crippen molar-refractivity contribution >= 4 is 5.91 Å². The minimum Gasteiger partial charge on any atom is -0.493 e. The maximum atomic E-state index is 12.5. The SMILES string of the molecule is COc1ccc(CC(C)NC(=O)C(C)C(N)c2ccccc2)cc1OC. The van der Waals surface area contributed by atoms with Crippen molar-refractivity contribution in [1.29, 1.82) is 0 Å². The van der Waals surface area contributed by atoms with E-state index < -0.39 is 0 Å². The van der Waals surface area contributed by atoms with Crippen LogP contribution in [0.5, 0.6) is 11.5 Å². The van der Waals surface area contributed by atoms with Crippen LogP contribution in [0.4, 0.5) is 0 Å². The summed E-state index contributed by atoms with van der Waals surface area (Å²) in [6, 6.07) is 15.1. The first kappa shape index (κ1) is 19.8.